The van der Waals surface area contributed by atoms with Crippen molar-refractivity contribution in [3.63, 3.8) is 0 Å². The maximum atomic E-state index is 9.66. The predicted molar refractivity (Wildman–Crippen MR) is 40.3 cm³/mol. The van der Waals surface area contributed by atoms with Crippen LogP contribution in [-0.2, 0) is 14.3 Å². The van der Waals surface area contributed by atoms with Crippen LogP contribution >= 0.6 is 0 Å². The van der Waals surface area contributed by atoms with Crippen LogP contribution in [0.25, 0.3) is 0 Å². The van der Waals surface area contributed by atoms with Gasteiger partial charge in [-0.3, -0.25) is 0 Å². The lowest BCUT2D eigenvalue weighted by atomic mass is 10.7. The van der Waals surface area contributed by atoms with Gasteiger partial charge in [-0.05, 0) is 0 Å². The molecule has 0 aromatic heterocycles. The molecule has 0 aromatic rings. The fourth-order valence-corrected chi connectivity index (χ4v) is 0.226. The van der Waals surface area contributed by atoms with Crippen LogP contribution in [0.1, 0.15) is 0 Å². The van der Waals surface area contributed by atoms with E-state index < -0.39 is 25.2 Å². The monoisotopic (exact) mass is 196 g/mol. The zero-order chi connectivity index (χ0) is 10.7. The van der Waals surface area contributed by atoms with Crippen LogP contribution in [0.15, 0.2) is 0 Å². The SMILES string of the molecule is O=C(O)COCC(=O)O.OCCO. The first-order valence-electron chi connectivity index (χ1n) is 3.27. The molecule has 0 aliphatic rings. The lowest BCUT2D eigenvalue weighted by Crippen LogP contribution is -2.13. The first-order chi connectivity index (χ1) is 6.04. The van der Waals surface area contributed by atoms with Gasteiger partial charge in [0.25, 0.3) is 0 Å². The van der Waals surface area contributed by atoms with Crippen molar-refractivity contribution in [2.24, 2.45) is 0 Å². The number of hydrogen-bond acceptors (Lipinski definition) is 5. The molecule has 0 saturated heterocycles. The molecule has 0 saturated carbocycles. The van der Waals surface area contributed by atoms with E-state index in [1.54, 1.807) is 0 Å². The van der Waals surface area contributed by atoms with Crippen molar-refractivity contribution in [3.05, 3.63) is 0 Å². The molecule has 0 aromatic carbocycles. The summed E-state index contributed by atoms with van der Waals surface area (Å²) in [4.78, 5) is 19.3. The molecule has 0 rings (SSSR count). The third-order valence-electron chi connectivity index (χ3n) is 0.551. The molecule has 4 N–H and O–H groups in total. The van der Waals surface area contributed by atoms with Crippen molar-refractivity contribution in [1.82, 2.24) is 0 Å². The van der Waals surface area contributed by atoms with Gasteiger partial charge in [-0.1, -0.05) is 0 Å². The normalized spacial score (nSPS) is 8.46. The second kappa shape index (κ2) is 10.8. The summed E-state index contributed by atoms with van der Waals surface area (Å²) in [7, 11) is 0. The molecule has 13 heavy (non-hydrogen) atoms. The van der Waals surface area contributed by atoms with Gasteiger partial charge in [0.05, 0.1) is 13.2 Å². The standard InChI is InChI=1S/C4H6O5.C2H6O2/c5-3(6)1-9-2-4(7)8;3-1-2-4/h1-2H2,(H,5,6)(H,7,8);3-4H,1-2H2. The number of ether oxygens (including phenoxy) is 1. The van der Waals surface area contributed by atoms with E-state index in [0.29, 0.717) is 0 Å². The number of carbonyl (C=O) groups is 2. The number of aliphatic carboxylic acids is 2. The lowest BCUT2D eigenvalue weighted by Gasteiger charge is -1.92. The predicted octanol–water partition coefficient (Wildman–Crippen LogP) is -1.86. The van der Waals surface area contributed by atoms with E-state index in [2.05, 4.69) is 4.74 Å². The Morgan fingerprint density at radius 3 is 1.38 bits per heavy atom. The molecule has 0 heterocycles. The summed E-state index contributed by atoms with van der Waals surface area (Å²) in [5.41, 5.74) is 0. The van der Waals surface area contributed by atoms with Gasteiger partial charge in [0.2, 0.25) is 0 Å². The molecule has 7 heteroatoms. The molecule has 0 spiro atoms. The Hall–Kier alpha value is -1.18. The van der Waals surface area contributed by atoms with E-state index in [1.807, 2.05) is 0 Å². The van der Waals surface area contributed by atoms with Crippen molar-refractivity contribution in [1.29, 1.82) is 0 Å². The topological polar surface area (TPSA) is 124 Å². The maximum absolute atomic E-state index is 9.66. The summed E-state index contributed by atoms with van der Waals surface area (Å²) in [5, 5.41) is 31.1. The van der Waals surface area contributed by atoms with Crippen LogP contribution in [0.2, 0.25) is 0 Å². The van der Waals surface area contributed by atoms with Gasteiger partial charge in [0.15, 0.2) is 0 Å². The van der Waals surface area contributed by atoms with Gasteiger partial charge in [-0.15, -0.1) is 0 Å². The minimum atomic E-state index is -1.17. The van der Waals surface area contributed by atoms with Crippen molar-refractivity contribution < 1.29 is 34.8 Å². The molecule has 7 nitrogen and oxygen atoms in total. The highest BCUT2D eigenvalue weighted by molar-refractivity contribution is 5.70. The zero-order valence-electron chi connectivity index (χ0n) is 6.84. The van der Waals surface area contributed by atoms with Gasteiger partial charge in [0.1, 0.15) is 13.2 Å². The largest absolute Gasteiger partial charge is 0.480 e. The number of aliphatic hydroxyl groups excluding tert-OH is 2. The van der Waals surface area contributed by atoms with E-state index in [4.69, 9.17) is 20.4 Å². The third-order valence-corrected chi connectivity index (χ3v) is 0.551. The molecule has 0 fully saturated rings. The summed E-state index contributed by atoms with van der Waals surface area (Å²) < 4.78 is 4.16. The van der Waals surface area contributed by atoms with Crippen LogP contribution in [0.3, 0.4) is 0 Å². The van der Waals surface area contributed by atoms with Gasteiger partial charge in [-0.25, -0.2) is 9.59 Å². The van der Waals surface area contributed by atoms with Gasteiger partial charge in [0, 0.05) is 0 Å². The quantitative estimate of drug-likeness (QED) is 0.406. The van der Waals surface area contributed by atoms with Crippen molar-refractivity contribution in [2.75, 3.05) is 26.4 Å². The molecular weight excluding hydrogens is 184 g/mol. The summed E-state index contributed by atoms with van der Waals surface area (Å²) >= 11 is 0. The number of hydrogen-bond donors (Lipinski definition) is 4. The zero-order valence-corrected chi connectivity index (χ0v) is 6.84. The Kier molecular flexibility index (Phi) is 11.9. The summed E-state index contributed by atoms with van der Waals surface area (Å²) in [6, 6.07) is 0. The minimum Gasteiger partial charge on any atom is -0.480 e. The first-order valence-corrected chi connectivity index (χ1v) is 3.27. The van der Waals surface area contributed by atoms with Crippen molar-refractivity contribution in [3.8, 4) is 0 Å². The Bertz CT molecular complexity index is 128. The molecule has 78 valence electrons. The molecule has 0 atom stereocenters. The summed E-state index contributed by atoms with van der Waals surface area (Å²) in [6.07, 6.45) is 0. The molecule has 0 bridgehead atoms. The minimum absolute atomic E-state index is 0.125. The second-order valence-electron chi connectivity index (χ2n) is 1.73. The first kappa shape index (κ1) is 14.3. The van der Waals surface area contributed by atoms with Crippen LogP contribution in [0.4, 0.5) is 0 Å². The van der Waals surface area contributed by atoms with Crippen LogP contribution in [0.5, 0.6) is 0 Å². The van der Waals surface area contributed by atoms with E-state index in [9.17, 15) is 9.59 Å². The van der Waals surface area contributed by atoms with Crippen LogP contribution in [-0.4, -0.2) is 58.8 Å². The Balaban J connectivity index is 0. The van der Waals surface area contributed by atoms with E-state index in [0.717, 1.165) is 0 Å². The molecule has 0 amide bonds. The molecule has 0 aliphatic carbocycles. The number of rotatable bonds is 5. The van der Waals surface area contributed by atoms with E-state index >= 15 is 0 Å². The smallest absolute Gasteiger partial charge is 0.329 e. The Morgan fingerprint density at radius 1 is 0.923 bits per heavy atom. The molecular formula is C6H12O7. The average Bonchev–Trinajstić information content (AvgIpc) is 2.03. The number of carboxylic acids is 2. The average molecular weight is 196 g/mol. The Labute approximate surface area is 74.2 Å². The van der Waals surface area contributed by atoms with E-state index in [1.165, 1.54) is 0 Å². The van der Waals surface area contributed by atoms with Gasteiger partial charge >= 0.3 is 11.9 Å². The lowest BCUT2D eigenvalue weighted by molar-refractivity contribution is -0.148. The van der Waals surface area contributed by atoms with Crippen molar-refractivity contribution >= 4 is 11.9 Å². The number of aliphatic hydroxyl groups is 2. The maximum Gasteiger partial charge on any atom is 0.329 e. The van der Waals surface area contributed by atoms with E-state index in [-0.39, 0.29) is 13.2 Å². The highest BCUT2D eigenvalue weighted by atomic mass is 16.5. The second-order valence-corrected chi connectivity index (χ2v) is 1.73. The van der Waals surface area contributed by atoms with Crippen LogP contribution < -0.4 is 0 Å². The van der Waals surface area contributed by atoms with Gasteiger partial charge in [-0.2, -0.15) is 0 Å². The third kappa shape index (κ3) is 24.8. The van der Waals surface area contributed by atoms with Crippen LogP contribution in [0, 0.1) is 0 Å². The molecule has 0 unspecified atom stereocenters. The fraction of sp³-hybridized carbons (Fsp3) is 0.667. The summed E-state index contributed by atoms with van der Waals surface area (Å²) in [5.74, 6) is -2.34. The highest BCUT2D eigenvalue weighted by Gasteiger charge is 1.98. The highest BCUT2D eigenvalue weighted by Crippen LogP contribution is 1.73. The summed E-state index contributed by atoms with van der Waals surface area (Å²) in [6.45, 7) is -1.38. The fourth-order valence-electron chi connectivity index (χ4n) is 0.226. The molecule has 0 radical (unpaired) electrons. The Morgan fingerprint density at radius 2 is 1.23 bits per heavy atom. The molecule has 0 aliphatic heterocycles. The van der Waals surface area contributed by atoms with Gasteiger partial charge < -0.3 is 25.2 Å². The van der Waals surface area contributed by atoms with Crippen molar-refractivity contribution in [2.45, 2.75) is 0 Å². The number of carboxylic acid groups (broad SMARTS) is 2.